The number of carbonyl (C=O) groups is 5. The highest BCUT2D eigenvalue weighted by Crippen LogP contribution is 2.72. The smallest absolute Gasteiger partial charge is 0.407 e. The first-order chi connectivity index (χ1) is 35.3. The molecular formula is C54H83F2N3O13S2. The molecule has 6 aliphatic rings. The summed E-state index contributed by atoms with van der Waals surface area (Å²) in [6.07, 6.45) is 6.40. The number of alkyl carbamates (subject to hydrolysis) is 2. The first-order valence-corrected chi connectivity index (χ1v) is 29.2. The Bertz CT molecular complexity index is 2020. The Kier molecular flexibility index (Phi) is 21.9. The molecule has 0 bridgehead atoms. The number of Topliss-reactive ketones (excluding diaryl/α,β-unsaturated/α-hetero) is 1. The van der Waals surface area contributed by atoms with E-state index in [2.05, 4.69) is 29.5 Å². The number of hydrogen-bond acceptors (Lipinski definition) is 15. The van der Waals surface area contributed by atoms with Gasteiger partial charge in [-0.1, -0.05) is 73.8 Å². The van der Waals surface area contributed by atoms with Crippen molar-refractivity contribution in [3.8, 4) is 0 Å². The monoisotopic (exact) mass is 1080 g/mol. The highest BCUT2D eigenvalue weighted by atomic mass is 33.1. The van der Waals surface area contributed by atoms with Crippen LogP contribution in [0.25, 0.3) is 0 Å². The van der Waals surface area contributed by atoms with Crippen molar-refractivity contribution in [3.63, 3.8) is 0 Å². The van der Waals surface area contributed by atoms with Crippen LogP contribution in [0.2, 0.25) is 0 Å². The van der Waals surface area contributed by atoms with Crippen LogP contribution in [0.3, 0.4) is 0 Å². The van der Waals surface area contributed by atoms with Gasteiger partial charge in [0.1, 0.15) is 6.17 Å². The fraction of sp³-hybridized carbons (Fsp3) is 0.796. The highest BCUT2D eigenvalue weighted by Gasteiger charge is 2.80. The third-order valence-corrected chi connectivity index (χ3v) is 19.7. The number of halogens is 2. The highest BCUT2D eigenvalue weighted by molar-refractivity contribution is 8.77. The lowest BCUT2D eigenvalue weighted by atomic mass is 9.44. The molecule has 2 unspecified atom stereocenters. The lowest BCUT2D eigenvalue weighted by molar-refractivity contribution is -0.234. The van der Waals surface area contributed by atoms with Crippen LogP contribution in [0.5, 0.6) is 0 Å². The number of allylic oxidation sites excluding steroid dienone is 5. The average molecular weight is 1080 g/mol. The predicted octanol–water partition coefficient (Wildman–Crippen LogP) is 7.95. The molecule has 4 saturated carbocycles. The van der Waals surface area contributed by atoms with Gasteiger partial charge in [0.15, 0.2) is 29.9 Å². The quantitative estimate of drug-likeness (QED) is 0.0287. The third-order valence-electron chi connectivity index (χ3n) is 16.4. The minimum atomic E-state index is -2.33. The Labute approximate surface area is 444 Å². The Morgan fingerprint density at radius 3 is 2.24 bits per heavy atom. The standard InChI is InChI=1S/C54H83F2N3O13S2/c1-8-11-14-36-37(15-12-9-2)38(36)33-69-48(64)58-19-22-67-24-26-68-25-23-66-21-18-57-46(63)32-50(4,5)74-73-27-20-59-49(65)70-34-44(62)54-45(71-47(72-54)13-10-3)30-39-40-29-42(55)41-28-35(60)16-17-51(41,6)53(40,56)43(61)31-52(39,54)7/h8,16-17,28,36-40,42-43,45,47,61H,1,9-15,18-27,29-34H2,2-7H3,(H,57,63)(H,58,64)(H,59,65)/t36-,37+,38-,39?,40+,42+,43+,45-,47?,51+,52+,53+,54-/m1/s1. The van der Waals surface area contributed by atoms with Crippen molar-refractivity contribution in [2.45, 2.75) is 153 Å². The van der Waals surface area contributed by atoms with E-state index in [4.69, 9.17) is 33.2 Å². The molecule has 1 aliphatic heterocycles. The van der Waals surface area contributed by atoms with E-state index in [1.807, 2.05) is 26.8 Å². The summed E-state index contributed by atoms with van der Waals surface area (Å²) in [5.41, 5.74) is -6.78. The van der Waals surface area contributed by atoms with Crippen molar-refractivity contribution < 1.29 is 71.0 Å². The lowest BCUT2D eigenvalue weighted by Crippen LogP contribution is -2.71. The molecular weight excluding hydrogens is 1000 g/mol. The molecule has 1 saturated heterocycles. The molecule has 0 radical (unpaired) electrons. The van der Waals surface area contributed by atoms with E-state index in [1.165, 1.54) is 59.9 Å². The van der Waals surface area contributed by atoms with Crippen LogP contribution in [0.4, 0.5) is 18.4 Å². The van der Waals surface area contributed by atoms with E-state index in [0.717, 1.165) is 18.9 Å². The third kappa shape index (κ3) is 13.8. The number of unbranched alkanes of at least 4 members (excludes halogenated alkanes) is 1. The number of fused-ring (bicyclic) bond motifs is 7. The second-order valence-electron chi connectivity index (χ2n) is 21.8. The molecule has 0 aromatic carbocycles. The number of carbonyl (C=O) groups excluding carboxylic acids is 5. The molecule has 13 atom stereocenters. The first-order valence-electron chi connectivity index (χ1n) is 26.9. The van der Waals surface area contributed by atoms with Gasteiger partial charge in [-0.05, 0) is 107 Å². The van der Waals surface area contributed by atoms with Crippen LogP contribution in [0.15, 0.2) is 36.5 Å². The lowest BCUT2D eigenvalue weighted by Gasteiger charge is -2.63. The van der Waals surface area contributed by atoms with Crippen LogP contribution in [-0.4, -0.2) is 154 Å². The van der Waals surface area contributed by atoms with Gasteiger partial charge < -0.3 is 54.2 Å². The van der Waals surface area contributed by atoms with E-state index in [0.29, 0.717) is 95.7 Å². The van der Waals surface area contributed by atoms with Gasteiger partial charge >= 0.3 is 12.2 Å². The summed E-state index contributed by atoms with van der Waals surface area (Å²) >= 11 is 0. The zero-order valence-corrected chi connectivity index (χ0v) is 46.0. The summed E-state index contributed by atoms with van der Waals surface area (Å²) in [5.74, 6) is -0.602. The number of aliphatic hydroxyl groups excluding tert-OH is 1. The topological polar surface area (TPSA) is 206 Å². The molecule has 0 spiro atoms. The SMILES string of the molecule is C=CCC[C@@H]1[C@H](CCCC)[C@@H]1COC(=O)NCCOCCOCCOCCNC(=O)CC(C)(C)SSCCNC(=O)OCC(=O)[C@@]12OC(CCC)O[C@@H]1CC1[C@@H]3C[C@H](F)C4=CC(=O)C=C[C@]4(C)[C@@]3(F)[C@@H](O)C[C@@]12C. The molecule has 74 heavy (non-hydrogen) atoms. The Morgan fingerprint density at radius 1 is 0.892 bits per heavy atom. The van der Waals surface area contributed by atoms with E-state index in [1.54, 1.807) is 6.92 Å². The van der Waals surface area contributed by atoms with Crippen LogP contribution in [-0.2, 0) is 47.5 Å². The second kappa shape index (κ2) is 27.0. The van der Waals surface area contributed by atoms with Gasteiger partial charge in [0, 0.05) is 53.3 Å². The van der Waals surface area contributed by atoms with E-state index in [9.17, 15) is 29.1 Å². The second-order valence-corrected chi connectivity index (χ2v) is 24.9. The molecule has 6 rings (SSSR count). The van der Waals surface area contributed by atoms with Crippen molar-refractivity contribution in [2.24, 2.45) is 40.4 Å². The summed E-state index contributed by atoms with van der Waals surface area (Å²) in [4.78, 5) is 64.5. The van der Waals surface area contributed by atoms with Crippen molar-refractivity contribution in [1.82, 2.24) is 16.0 Å². The minimum Gasteiger partial charge on any atom is -0.449 e. The van der Waals surface area contributed by atoms with Gasteiger partial charge in [0.2, 0.25) is 11.7 Å². The van der Waals surface area contributed by atoms with Crippen molar-refractivity contribution >= 4 is 51.2 Å². The number of amides is 3. The molecule has 1 heterocycles. The largest absolute Gasteiger partial charge is 0.449 e. The number of ketones is 2. The Balaban J connectivity index is 0.804. The van der Waals surface area contributed by atoms with Crippen molar-refractivity contribution in [2.75, 3.05) is 78.2 Å². The van der Waals surface area contributed by atoms with Crippen molar-refractivity contribution in [3.05, 3.63) is 36.5 Å². The summed E-state index contributed by atoms with van der Waals surface area (Å²) in [5, 5.41) is 20.1. The van der Waals surface area contributed by atoms with Gasteiger partial charge in [-0.25, -0.2) is 18.4 Å². The average Bonchev–Trinajstić information content (AvgIpc) is 3.78. The molecule has 20 heteroatoms. The fourth-order valence-corrected chi connectivity index (χ4v) is 15.1. The summed E-state index contributed by atoms with van der Waals surface area (Å²) in [7, 11) is 2.98. The Morgan fingerprint density at radius 2 is 1.55 bits per heavy atom. The van der Waals surface area contributed by atoms with E-state index < -0.39 is 93.7 Å². The van der Waals surface area contributed by atoms with E-state index >= 15 is 8.78 Å². The number of rotatable bonds is 32. The molecule has 0 aromatic heterocycles. The Hall–Kier alpha value is -3.11. The van der Waals surface area contributed by atoms with E-state index in [-0.39, 0.29) is 43.7 Å². The zero-order chi connectivity index (χ0) is 53.7. The van der Waals surface area contributed by atoms with Gasteiger partial charge in [-0.3, -0.25) is 14.4 Å². The van der Waals surface area contributed by atoms with Crippen LogP contribution >= 0.6 is 21.6 Å². The molecule has 16 nitrogen and oxygen atoms in total. The summed E-state index contributed by atoms with van der Waals surface area (Å²) in [6.45, 7) is 18.0. The van der Waals surface area contributed by atoms with Crippen LogP contribution < -0.4 is 16.0 Å². The van der Waals surface area contributed by atoms with Crippen LogP contribution in [0.1, 0.15) is 112 Å². The van der Waals surface area contributed by atoms with Gasteiger partial charge in [0.05, 0.1) is 58.5 Å². The molecule has 0 aromatic rings. The molecule has 5 aliphatic carbocycles. The predicted molar refractivity (Wildman–Crippen MR) is 279 cm³/mol. The minimum absolute atomic E-state index is 0.0154. The maximum Gasteiger partial charge on any atom is 0.407 e. The number of aliphatic hydroxyl groups is 1. The molecule has 4 N–H and O–H groups in total. The summed E-state index contributed by atoms with van der Waals surface area (Å²) in [6, 6.07) is 0. The maximum atomic E-state index is 17.8. The first kappa shape index (κ1) is 60.1. The zero-order valence-electron chi connectivity index (χ0n) is 44.4. The number of nitrogens with one attached hydrogen (secondary N) is 3. The van der Waals surface area contributed by atoms with Crippen LogP contribution in [0, 0.1) is 40.4 Å². The number of ether oxygens (including phenoxy) is 7. The van der Waals surface area contributed by atoms with Gasteiger partial charge in [-0.2, -0.15) is 0 Å². The molecule has 5 fully saturated rings. The van der Waals surface area contributed by atoms with Crippen molar-refractivity contribution in [1.29, 1.82) is 0 Å². The summed E-state index contributed by atoms with van der Waals surface area (Å²) < 4.78 is 73.8. The molecule has 3 amide bonds. The molecule has 418 valence electrons. The van der Waals surface area contributed by atoms with Gasteiger partial charge in [-0.15, -0.1) is 6.58 Å². The van der Waals surface area contributed by atoms with Gasteiger partial charge in [0.25, 0.3) is 0 Å². The number of hydrogen-bond donors (Lipinski definition) is 4. The number of alkyl halides is 2. The fourth-order valence-electron chi connectivity index (χ4n) is 12.7. The normalized spacial score (nSPS) is 33.6. The maximum absolute atomic E-state index is 17.8.